The molecular formula is C14H31N. The van der Waals surface area contributed by atoms with Crippen LogP contribution in [0.1, 0.15) is 65.2 Å². The van der Waals surface area contributed by atoms with Gasteiger partial charge in [-0.05, 0) is 39.4 Å². The lowest BCUT2D eigenvalue weighted by molar-refractivity contribution is 0.346. The van der Waals surface area contributed by atoms with Gasteiger partial charge in [0.25, 0.3) is 0 Å². The SMILES string of the molecule is CCCCCCC(CC)CCCN(C)C. The molecular weight excluding hydrogens is 182 g/mol. The van der Waals surface area contributed by atoms with Gasteiger partial charge < -0.3 is 4.90 Å². The molecule has 0 saturated heterocycles. The summed E-state index contributed by atoms with van der Waals surface area (Å²) in [5, 5.41) is 0. The largest absolute Gasteiger partial charge is 0.309 e. The first-order valence-electron chi connectivity index (χ1n) is 6.85. The third-order valence-corrected chi connectivity index (χ3v) is 3.26. The normalized spacial score (nSPS) is 13.4. The first kappa shape index (κ1) is 15.0. The van der Waals surface area contributed by atoms with E-state index in [2.05, 4.69) is 32.8 Å². The molecule has 1 atom stereocenters. The van der Waals surface area contributed by atoms with E-state index in [1.165, 1.54) is 57.9 Å². The molecule has 0 amide bonds. The van der Waals surface area contributed by atoms with Crippen LogP contribution in [-0.2, 0) is 0 Å². The van der Waals surface area contributed by atoms with Gasteiger partial charge in [-0.1, -0.05) is 52.4 Å². The number of nitrogens with zero attached hydrogens (tertiary/aromatic N) is 1. The fourth-order valence-corrected chi connectivity index (χ4v) is 2.11. The quantitative estimate of drug-likeness (QED) is 0.488. The van der Waals surface area contributed by atoms with E-state index in [0.29, 0.717) is 0 Å². The van der Waals surface area contributed by atoms with Crippen LogP contribution in [0.2, 0.25) is 0 Å². The molecule has 92 valence electrons. The smallest absolute Gasteiger partial charge is 0.00247 e. The van der Waals surface area contributed by atoms with Crippen molar-refractivity contribution in [1.82, 2.24) is 4.90 Å². The molecule has 0 aromatic rings. The molecule has 1 nitrogen and oxygen atoms in total. The Labute approximate surface area is 97.2 Å². The molecule has 0 N–H and O–H groups in total. The highest BCUT2D eigenvalue weighted by Crippen LogP contribution is 2.19. The second-order valence-electron chi connectivity index (χ2n) is 5.07. The van der Waals surface area contributed by atoms with Crippen molar-refractivity contribution in [2.45, 2.75) is 65.2 Å². The van der Waals surface area contributed by atoms with Crippen molar-refractivity contribution in [3.8, 4) is 0 Å². The van der Waals surface area contributed by atoms with E-state index >= 15 is 0 Å². The van der Waals surface area contributed by atoms with E-state index in [-0.39, 0.29) is 0 Å². The van der Waals surface area contributed by atoms with E-state index < -0.39 is 0 Å². The molecule has 0 radical (unpaired) electrons. The summed E-state index contributed by atoms with van der Waals surface area (Å²) >= 11 is 0. The van der Waals surface area contributed by atoms with Gasteiger partial charge in [0.05, 0.1) is 0 Å². The summed E-state index contributed by atoms with van der Waals surface area (Å²) in [7, 11) is 4.34. The first-order valence-corrected chi connectivity index (χ1v) is 6.85. The minimum absolute atomic E-state index is 0.988. The first-order chi connectivity index (χ1) is 7.20. The van der Waals surface area contributed by atoms with Crippen molar-refractivity contribution >= 4 is 0 Å². The summed E-state index contributed by atoms with van der Waals surface area (Å²) < 4.78 is 0. The minimum Gasteiger partial charge on any atom is -0.309 e. The monoisotopic (exact) mass is 213 g/mol. The molecule has 1 unspecified atom stereocenters. The third kappa shape index (κ3) is 10.2. The molecule has 1 heteroatoms. The van der Waals surface area contributed by atoms with Crippen LogP contribution in [-0.4, -0.2) is 25.5 Å². The average molecular weight is 213 g/mol. The summed E-state index contributed by atoms with van der Waals surface area (Å²) in [5.41, 5.74) is 0. The minimum atomic E-state index is 0.988. The molecule has 0 aliphatic heterocycles. The second kappa shape index (κ2) is 10.5. The molecule has 0 rings (SSSR count). The van der Waals surface area contributed by atoms with Crippen LogP contribution in [0.4, 0.5) is 0 Å². The van der Waals surface area contributed by atoms with Crippen LogP contribution in [0.25, 0.3) is 0 Å². The standard InChI is InChI=1S/C14H31N/c1-5-7-8-9-11-14(6-2)12-10-13-15(3)4/h14H,5-13H2,1-4H3. The van der Waals surface area contributed by atoms with Gasteiger partial charge in [0.1, 0.15) is 0 Å². The zero-order chi connectivity index (χ0) is 11.5. The van der Waals surface area contributed by atoms with Crippen molar-refractivity contribution in [2.24, 2.45) is 5.92 Å². The Kier molecular flexibility index (Phi) is 10.4. The highest BCUT2D eigenvalue weighted by Gasteiger charge is 2.05. The van der Waals surface area contributed by atoms with Crippen LogP contribution in [0, 0.1) is 5.92 Å². The molecule has 0 aliphatic carbocycles. The lowest BCUT2D eigenvalue weighted by atomic mass is 9.93. The highest BCUT2D eigenvalue weighted by molar-refractivity contribution is 4.59. The number of unbranched alkanes of at least 4 members (excludes halogenated alkanes) is 3. The fourth-order valence-electron chi connectivity index (χ4n) is 2.11. The number of rotatable bonds is 10. The Bertz CT molecular complexity index is 121. The van der Waals surface area contributed by atoms with Crippen LogP contribution in [0.3, 0.4) is 0 Å². The van der Waals surface area contributed by atoms with E-state index in [9.17, 15) is 0 Å². The van der Waals surface area contributed by atoms with Crippen molar-refractivity contribution in [2.75, 3.05) is 20.6 Å². The summed E-state index contributed by atoms with van der Waals surface area (Å²) in [6, 6.07) is 0. The molecule has 15 heavy (non-hydrogen) atoms. The summed E-state index contributed by atoms with van der Waals surface area (Å²) in [5.74, 6) is 0.988. The maximum Gasteiger partial charge on any atom is -0.00247 e. The molecule has 0 aliphatic rings. The van der Waals surface area contributed by atoms with Gasteiger partial charge in [0.2, 0.25) is 0 Å². The number of hydrogen-bond donors (Lipinski definition) is 0. The van der Waals surface area contributed by atoms with Crippen molar-refractivity contribution in [3.05, 3.63) is 0 Å². The van der Waals surface area contributed by atoms with Crippen molar-refractivity contribution < 1.29 is 0 Å². The summed E-state index contributed by atoms with van der Waals surface area (Å²) in [4.78, 5) is 2.30. The molecule has 0 aromatic carbocycles. The van der Waals surface area contributed by atoms with Crippen LogP contribution < -0.4 is 0 Å². The Morgan fingerprint density at radius 2 is 1.53 bits per heavy atom. The molecule has 0 spiro atoms. The lowest BCUT2D eigenvalue weighted by Crippen LogP contribution is -2.14. The molecule has 0 bridgehead atoms. The lowest BCUT2D eigenvalue weighted by Gasteiger charge is -2.16. The van der Waals surface area contributed by atoms with Gasteiger partial charge in [0.15, 0.2) is 0 Å². The van der Waals surface area contributed by atoms with Gasteiger partial charge in [-0.2, -0.15) is 0 Å². The van der Waals surface area contributed by atoms with Gasteiger partial charge in [-0.25, -0.2) is 0 Å². The molecule has 0 aromatic heterocycles. The topological polar surface area (TPSA) is 3.24 Å². The van der Waals surface area contributed by atoms with Crippen LogP contribution >= 0.6 is 0 Å². The van der Waals surface area contributed by atoms with Crippen LogP contribution in [0.15, 0.2) is 0 Å². The van der Waals surface area contributed by atoms with Crippen LogP contribution in [0.5, 0.6) is 0 Å². The van der Waals surface area contributed by atoms with Crippen molar-refractivity contribution in [1.29, 1.82) is 0 Å². The highest BCUT2D eigenvalue weighted by atomic mass is 15.0. The van der Waals surface area contributed by atoms with E-state index in [1.807, 2.05) is 0 Å². The maximum atomic E-state index is 2.35. The Morgan fingerprint density at radius 3 is 2.07 bits per heavy atom. The van der Waals surface area contributed by atoms with E-state index in [0.717, 1.165) is 5.92 Å². The second-order valence-corrected chi connectivity index (χ2v) is 5.07. The predicted molar refractivity (Wildman–Crippen MR) is 70.3 cm³/mol. The molecule has 0 fully saturated rings. The zero-order valence-electron chi connectivity index (χ0n) is 11.4. The average Bonchev–Trinajstić information content (AvgIpc) is 2.21. The van der Waals surface area contributed by atoms with E-state index in [4.69, 9.17) is 0 Å². The predicted octanol–water partition coefficient (Wildman–Crippen LogP) is 4.32. The van der Waals surface area contributed by atoms with Gasteiger partial charge in [-0.15, -0.1) is 0 Å². The van der Waals surface area contributed by atoms with Crippen molar-refractivity contribution in [3.63, 3.8) is 0 Å². The Morgan fingerprint density at radius 1 is 0.867 bits per heavy atom. The number of hydrogen-bond acceptors (Lipinski definition) is 1. The van der Waals surface area contributed by atoms with Gasteiger partial charge in [0, 0.05) is 0 Å². The fraction of sp³-hybridized carbons (Fsp3) is 1.00. The van der Waals surface area contributed by atoms with Gasteiger partial charge >= 0.3 is 0 Å². The summed E-state index contributed by atoms with van der Waals surface area (Å²) in [6.45, 7) is 5.89. The Balaban J connectivity index is 3.38. The molecule has 0 saturated carbocycles. The maximum absolute atomic E-state index is 2.35. The van der Waals surface area contributed by atoms with E-state index in [1.54, 1.807) is 0 Å². The zero-order valence-corrected chi connectivity index (χ0v) is 11.4. The molecule has 0 heterocycles. The third-order valence-electron chi connectivity index (χ3n) is 3.26. The summed E-state index contributed by atoms with van der Waals surface area (Å²) in [6.07, 6.45) is 11.3. The Hall–Kier alpha value is -0.0400. The van der Waals surface area contributed by atoms with Gasteiger partial charge in [-0.3, -0.25) is 0 Å².